The second-order valence-electron chi connectivity index (χ2n) is 5.18. The first-order valence-electron chi connectivity index (χ1n) is 6.82. The van der Waals surface area contributed by atoms with Crippen LogP contribution in [0.25, 0.3) is 0 Å². The summed E-state index contributed by atoms with van der Waals surface area (Å²) in [5, 5.41) is 10.1. The van der Waals surface area contributed by atoms with Crippen LogP contribution in [0.5, 0.6) is 11.5 Å². The van der Waals surface area contributed by atoms with Crippen LogP contribution in [-0.4, -0.2) is 31.5 Å². The van der Waals surface area contributed by atoms with Gasteiger partial charge >= 0.3 is 0 Å². The normalized spacial score (nSPS) is 15.6. The topological polar surface area (TPSA) is 47.9 Å². The zero-order valence-corrected chi connectivity index (χ0v) is 11.6. The van der Waals surface area contributed by atoms with Crippen molar-refractivity contribution >= 4 is 0 Å². The average Bonchev–Trinajstić information content (AvgIpc) is 2.42. The number of rotatable bonds is 6. The Morgan fingerprint density at radius 2 is 1.95 bits per heavy atom. The standard InChI is InChI=1S/C15H22O4/c1-11(2)5-6-17-10-13(16)12-3-4-14-15(9-12)19-8-7-18-14/h3-4,9,11,13,16H,5-8,10H2,1-2H3. The molecule has 0 saturated heterocycles. The number of hydrogen-bond acceptors (Lipinski definition) is 4. The van der Waals surface area contributed by atoms with Crippen molar-refractivity contribution in [3.63, 3.8) is 0 Å². The van der Waals surface area contributed by atoms with Crippen LogP contribution in [0, 0.1) is 5.92 Å². The molecule has 0 spiro atoms. The SMILES string of the molecule is CC(C)CCOCC(O)c1ccc2c(c1)OCCO2. The van der Waals surface area contributed by atoms with Crippen molar-refractivity contribution in [3.05, 3.63) is 23.8 Å². The number of benzene rings is 1. The average molecular weight is 266 g/mol. The molecule has 0 radical (unpaired) electrons. The van der Waals surface area contributed by atoms with E-state index in [9.17, 15) is 5.11 Å². The highest BCUT2D eigenvalue weighted by Gasteiger charge is 2.15. The summed E-state index contributed by atoms with van der Waals surface area (Å²) in [6, 6.07) is 5.51. The lowest BCUT2D eigenvalue weighted by Gasteiger charge is -2.20. The van der Waals surface area contributed by atoms with Crippen LogP contribution in [0.2, 0.25) is 0 Å². The Bertz CT molecular complexity index is 403. The lowest BCUT2D eigenvalue weighted by atomic mass is 10.1. The minimum Gasteiger partial charge on any atom is -0.486 e. The fourth-order valence-corrected chi connectivity index (χ4v) is 1.88. The Labute approximate surface area is 114 Å². The highest BCUT2D eigenvalue weighted by atomic mass is 16.6. The summed E-state index contributed by atoms with van der Waals surface area (Å²) >= 11 is 0. The Morgan fingerprint density at radius 3 is 2.68 bits per heavy atom. The fourth-order valence-electron chi connectivity index (χ4n) is 1.88. The minimum absolute atomic E-state index is 0.312. The molecule has 0 aromatic heterocycles. The van der Waals surface area contributed by atoms with Gasteiger partial charge in [-0.15, -0.1) is 0 Å². The first kappa shape index (κ1) is 14.2. The number of hydrogen-bond donors (Lipinski definition) is 1. The van der Waals surface area contributed by atoms with Gasteiger partial charge in [0.2, 0.25) is 0 Å². The Kier molecular flexibility index (Phi) is 5.05. The van der Waals surface area contributed by atoms with Gasteiger partial charge < -0.3 is 19.3 Å². The van der Waals surface area contributed by atoms with E-state index in [4.69, 9.17) is 14.2 Å². The molecule has 1 aliphatic heterocycles. The van der Waals surface area contributed by atoms with E-state index in [1.807, 2.05) is 18.2 Å². The second-order valence-corrected chi connectivity index (χ2v) is 5.18. The molecule has 19 heavy (non-hydrogen) atoms. The van der Waals surface area contributed by atoms with Crippen LogP contribution in [0.1, 0.15) is 31.9 Å². The van der Waals surface area contributed by atoms with E-state index in [1.165, 1.54) is 0 Å². The Hall–Kier alpha value is -1.26. The third kappa shape index (κ3) is 4.11. The van der Waals surface area contributed by atoms with E-state index in [-0.39, 0.29) is 0 Å². The van der Waals surface area contributed by atoms with Crippen molar-refractivity contribution in [1.29, 1.82) is 0 Å². The summed E-state index contributed by atoms with van der Waals surface area (Å²) in [5.74, 6) is 2.05. The predicted molar refractivity (Wildman–Crippen MR) is 72.7 cm³/mol. The molecule has 4 heteroatoms. The van der Waals surface area contributed by atoms with Gasteiger partial charge in [0.1, 0.15) is 19.3 Å². The summed E-state index contributed by atoms with van der Waals surface area (Å²) in [6.45, 7) is 6.43. The third-order valence-electron chi connectivity index (χ3n) is 3.07. The van der Waals surface area contributed by atoms with Gasteiger partial charge in [-0.1, -0.05) is 19.9 Å². The van der Waals surface area contributed by atoms with Crippen LogP contribution >= 0.6 is 0 Å². The molecule has 0 fully saturated rings. The molecule has 1 aliphatic rings. The zero-order chi connectivity index (χ0) is 13.7. The number of ether oxygens (including phenoxy) is 3. The van der Waals surface area contributed by atoms with Gasteiger partial charge in [0.25, 0.3) is 0 Å². The minimum atomic E-state index is -0.622. The van der Waals surface area contributed by atoms with E-state index in [0.717, 1.165) is 17.7 Å². The number of aliphatic hydroxyl groups excluding tert-OH is 1. The third-order valence-corrected chi connectivity index (χ3v) is 3.07. The van der Waals surface area contributed by atoms with Crippen molar-refractivity contribution < 1.29 is 19.3 Å². The predicted octanol–water partition coefficient (Wildman–Crippen LogP) is 2.55. The summed E-state index contributed by atoms with van der Waals surface area (Å²) in [5.41, 5.74) is 0.800. The lowest BCUT2D eigenvalue weighted by molar-refractivity contribution is 0.0316. The summed E-state index contributed by atoms with van der Waals surface area (Å²) in [7, 11) is 0. The molecular weight excluding hydrogens is 244 g/mol. The molecule has 0 aliphatic carbocycles. The molecule has 0 saturated carbocycles. The molecule has 106 valence electrons. The van der Waals surface area contributed by atoms with Gasteiger partial charge in [-0.2, -0.15) is 0 Å². The highest BCUT2D eigenvalue weighted by molar-refractivity contribution is 5.44. The molecule has 1 atom stereocenters. The maximum atomic E-state index is 10.1. The molecule has 1 N–H and O–H groups in total. The van der Waals surface area contributed by atoms with E-state index in [1.54, 1.807) is 0 Å². The molecular formula is C15H22O4. The van der Waals surface area contributed by atoms with Crippen molar-refractivity contribution in [1.82, 2.24) is 0 Å². The maximum Gasteiger partial charge on any atom is 0.161 e. The van der Waals surface area contributed by atoms with Gasteiger partial charge in [0.05, 0.1) is 6.61 Å². The second kappa shape index (κ2) is 6.78. The molecule has 1 aromatic rings. The first-order chi connectivity index (χ1) is 9.16. The molecule has 2 rings (SSSR count). The van der Waals surface area contributed by atoms with Gasteiger partial charge in [0, 0.05) is 6.61 Å². The van der Waals surface area contributed by atoms with Crippen LogP contribution < -0.4 is 9.47 Å². The smallest absolute Gasteiger partial charge is 0.161 e. The molecule has 0 amide bonds. The maximum absolute atomic E-state index is 10.1. The van der Waals surface area contributed by atoms with Crippen molar-refractivity contribution in [2.45, 2.75) is 26.4 Å². The van der Waals surface area contributed by atoms with Crippen LogP contribution in [0.4, 0.5) is 0 Å². The fraction of sp³-hybridized carbons (Fsp3) is 0.600. The summed E-state index contributed by atoms with van der Waals surface area (Å²) < 4.78 is 16.4. The van der Waals surface area contributed by atoms with Crippen molar-refractivity contribution in [2.75, 3.05) is 26.4 Å². The molecule has 0 bridgehead atoms. The zero-order valence-electron chi connectivity index (χ0n) is 11.6. The molecule has 4 nitrogen and oxygen atoms in total. The monoisotopic (exact) mass is 266 g/mol. The van der Waals surface area contributed by atoms with E-state index >= 15 is 0 Å². The molecule has 1 aromatic carbocycles. The Balaban J connectivity index is 1.86. The van der Waals surface area contributed by atoms with Crippen molar-refractivity contribution in [2.24, 2.45) is 5.92 Å². The van der Waals surface area contributed by atoms with Crippen LogP contribution in [0.15, 0.2) is 18.2 Å². The van der Waals surface area contributed by atoms with Crippen LogP contribution in [-0.2, 0) is 4.74 Å². The van der Waals surface area contributed by atoms with Crippen LogP contribution in [0.3, 0.4) is 0 Å². The van der Waals surface area contributed by atoms with E-state index < -0.39 is 6.10 Å². The van der Waals surface area contributed by atoms with Crippen molar-refractivity contribution in [3.8, 4) is 11.5 Å². The van der Waals surface area contributed by atoms with Gasteiger partial charge in [-0.25, -0.2) is 0 Å². The number of aliphatic hydroxyl groups is 1. The van der Waals surface area contributed by atoms with E-state index in [2.05, 4.69) is 13.8 Å². The number of fused-ring (bicyclic) bond motifs is 1. The van der Waals surface area contributed by atoms with Gasteiger partial charge in [-0.05, 0) is 30.0 Å². The summed E-state index contributed by atoms with van der Waals surface area (Å²) in [6.07, 6.45) is 0.386. The van der Waals surface area contributed by atoms with E-state index in [0.29, 0.717) is 38.1 Å². The Morgan fingerprint density at radius 1 is 1.21 bits per heavy atom. The summed E-state index contributed by atoms with van der Waals surface area (Å²) in [4.78, 5) is 0. The quantitative estimate of drug-likeness (QED) is 0.804. The lowest BCUT2D eigenvalue weighted by Crippen LogP contribution is -2.16. The van der Waals surface area contributed by atoms with Gasteiger partial charge in [-0.3, -0.25) is 0 Å². The largest absolute Gasteiger partial charge is 0.486 e. The molecule has 1 unspecified atom stereocenters. The first-order valence-corrected chi connectivity index (χ1v) is 6.82. The highest BCUT2D eigenvalue weighted by Crippen LogP contribution is 2.32. The molecule has 1 heterocycles. The van der Waals surface area contributed by atoms with Gasteiger partial charge in [0.15, 0.2) is 11.5 Å².